The van der Waals surface area contributed by atoms with Gasteiger partial charge in [-0.2, -0.15) is 11.3 Å². The third kappa shape index (κ3) is 4.50. The molecule has 1 saturated heterocycles. The first-order valence-corrected chi connectivity index (χ1v) is 10.5. The fourth-order valence-electron chi connectivity index (χ4n) is 3.55. The van der Waals surface area contributed by atoms with Crippen LogP contribution in [0.4, 0.5) is 0 Å². The molecule has 1 aromatic heterocycles. The van der Waals surface area contributed by atoms with Crippen molar-refractivity contribution in [1.29, 1.82) is 0 Å². The summed E-state index contributed by atoms with van der Waals surface area (Å²) in [5, 5.41) is 7.38. The number of benzene rings is 2. The number of carbonyl (C=O) groups is 1. The van der Waals surface area contributed by atoms with E-state index < -0.39 is 0 Å². The molecule has 3 aromatic rings. The number of thiophene rings is 1. The molecule has 4 rings (SSSR count). The van der Waals surface area contributed by atoms with Gasteiger partial charge in [0.2, 0.25) is 0 Å². The molecule has 144 valence electrons. The highest BCUT2D eigenvalue weighted by molar-refractivity contribution is 7.07. The van der Waals surface area contributed by atoms with Crippen molar-refractivity contribution in [1.82, 2.24) is 10.2 Å². The third-order valence-corrected chi connectivity index (χ3v) is 5.83. The average molecular weight is 393 g/mol. The second-order valence-corrected chi connectivity index (χ2v) is 7.65. The van der Waals surface area contributed by atoms with Gasteiger partial charge in [-0.15, -0.1) is 0 Å². The molecule has 0 radical (unpaired) electrons. The van der Waals surface area contributed by atoms with Crippen LogP contribution in [-0.2, 0) is 4.74 Å². The van der Waals surface area contributed by atoms with Crippen molar-refractivity contribution in [3.05, 3.63) is 82.6 Å². The Labute approximate surface area is 169 Å². The minimum atomic E-state index is -0.0342. The highest BCUT2D eigenvalue weighted by Gasteiger charge is 2.23. The quantitative estimate of drug-likeness (QED) is 0.683. The van der Waals surface area contributed by atoms with Gasteiger partial charge in [-0.05, 0) is 45.6 Å². The van der Waals surface area contributed by atoms with Gasteiger partial charge < -0.3 is 10.1 Å². The summed E-state index contributed by atoms with van der Waals surface area (Å²) in [6.45, 7) is 3.87. The zero-order chi connectivity index (χ0) is 19.2. The maximum Gasteiger partial charge on any atom is 0.251 e. The Bertz CT molecular complexity index is 873. The first-order valence-electron chi connectivity index (χ1n) is 9.59. The maximum absolute atomic E-state index is 12.7. The maximum atomic E-state index is 12.7. The van der Waals surface area contributed by atoms with Crippen molar-refractivity contribution in [3.63, 3.8) is 0 Å². The number of nitrogens with zero attached hydrogens (tertiary/aromatic N) is 1. The predicted octanol–water partition coefficient (Wildman–Crippen LogP) is 4.22. The molecule has 1 aliphatic heterocycles. The second-order valence-electron chi connectivity index (χ2n) is 6.87. The van der Waals surface area contributed by atoms with Gasteiger partial charge in [0.25, 0.3) is 5.91 Å². The van der Waals surface area contributed by atoms with E-state index in [-0.39, 0.29) is 11.9 Å². The van der Waals surface area contributed by atoms with Gasteiger partial charge in [-0.25, -0.2) is 0 Å². The number of amides is 1. The van der Waals surface area contributed by atoms with E-state index in [2.05, 4.69) is 39.2 Å². The highest BCUT2D eigenvalue weighted by Crippen LogP contribution is 2.24. The number of hydrogen-bond donors (Lipinski definition) is 1. The Morgan fingerprint density at radius 2 is 1.71 bits per heavy atom. The number of ether oxygens (including phenoxy) is 1. The van der Waals surface area contributed by atoms with Crippen LogP contribution >= 0.6 is 11.3 Å². The normalized spacial score (nSPS) is 15.9. The zero-order valence-corrected chi connectivity index (χ0v) is 16.5. The molecule has 0 spiro atoms. The molecule has 0 bridgehead atoms. The summed E-state index contributed by atoms with van der Waals surface area (Å²) in [4.78, 5) is 15.1. The topological polar surface area (TPSA) is 41.6 Å². The van der Waals surface area contributed by atoms with Gasteiger partial charge >= 0.3 is 0 Å². The van der Waals surface area contributed by atoms with Crippen LogP contribution in [0.25, 0.3) is 11.1 Å². The van der Waals surface area contributed by atoms with Gasteiger partial charge in [0.1, 0.15) is 0 Å². The van der Waals surface area contributed by atoms with Crippen LogP contribution in [0, 0.1) is 0 Å². The lowest BCUT2D eigenvalue weighted by Crippen LogP contribution is -2.43. The van der Waals surface area contributed by atoms with E-state index in [1.165, 1.54) is 5.56 Å². The van der Waals surface area contributed by atoms with E-state index in [0.29, 0.717) is 12.1 Å². The number of hydrogen-bond acceptors (Lipinski definition) is 4. The molecule has 4 nitrogen and oxygen atoms in total. The molecule has 1 fully saturated rings. The van der Waals surface area contributed by atoms with Crippen molar-refractivity contribution in [3.8, 4) is 11.1 Å². The molecule has 28 heavy (non-hydrogen) atoms. The van der Waals surface area contributed by atoms with Crippen molar-refractivity contribution < 1.29 is 9.53 Å². The van der Waals surface area contributed by atoms with Crippen LogP contribution in [0.3, 0.4) is 0 Å². The summed E-state index contributed by atoms with van der Waals surface area (Å²) < 4.78 is 5.48. The summed E-state index contributed by atoms with van der Waals surface area (Å²) in [5.41, 5.74) is 4.21. The predicted molar refractivity (Wildman–Crippen MR) is 114 cm³/mol. The number of rotatable bonds is 6. The Morgan fingerprint density at radius 1 is 1.00 bits per heavy atom. The minimum Gasteiger partial charge on any atom is -0.379 e. The summed E-state index contributed by atoms with van der Waals surface area (Å²) in [6, 6.07) is 20.3. The van der Waals surface area contributed by atoms with E-state index in [0.717, 1.165) is 37.4 Å². The molecular formula is C23H24N2O2S. The fraction of sp³-hybridized carbons (Fsp3) is 0.261. The Morgan fingerprint density at radius 3 is 2.39 bits per heavy atom. The van der Waals surface area contributed by atoms with Crippen molar-refractivity contribution >= 4 is 17.2 Å². The third-order valence-electron chi connectivity index (χ3n) is 5.12. The summed E-state index contributed by atoms with van der Waals surface area (Å²) >= 11 is 1.69. The molecular weight excluding hydrogens is 368 g/mol. The molecule has 2 heterocycles. The SMILES string of the molecule is O=C(NC[C@H](c1ccsc1)N1CCOCC1)c1ccc(-c2ccccc2)cc1. The Balaban J connectivity index is 1.42. The fourth-order valence-corrected chi connectivity index (χ4v) is 4.25. The Hall–Kier alpha value is -2.47. The van der Waals surface area contributed by atoms with Crippen LogP contribution in [0.15, 0.2) is 71.4 Å². The first-order chi connectivity index (χ1) is 13.8. The van der Waals surface area contributed by atoms with Crippen LogP contribution in [0.2, 0.25) is 0 Å². The molecule has 1 amide bonds. The van der Waals surface area contributed by atoms with E-state index >= 15 is 0 Å². The lowest BCUT2D eigenvalue weighted by Gasteiger charge is -2.34. The molecule has 2 aromatic carbocycles. The molecule has 1 N–H and O–H groups in total. The monoisotopic (exact) mass is 392 g/mol. The van der Waals surface area contributed by atoms with Crippen LogP contribution in [0.1, 0.15) is 22.0 Å². The number of nitrogens with one attached hydrogen (secondary N) is 1. The molecule has 1 aliphatic rings. The van der Waals surface area contributed by atoms with E-state index in [1.54, 1.807) is 11.3 Å². The first kappa shape index (κ1) is 18.9. The van der Waals surface area contributed by atoms with Crippen LogP contribution in [0.5, 0.6) is 0 Å². The number of morpholine rings is 1. The summed E-state index contributed by atoms with van der Waals surface area (Å²) in [7, 11) is 0. The lowest BCUT2D eigenvalue weighted by atomic mass is 10.0. The van der Waals surface area contributed by atoms with Crippen molar-refractivity contribution in [2.75, 3.05) is 32.8 Å². The van der Waals surface area contributed by atoms with Gasteiger partial charge in [-0.3, -0.25) is 9.69 Å². The van der Waals surface area contributed by atoms with Crippen molar-refractivity contribution in [2.45, 2.75) is 6.04 Å². The molecule has 5 heteroatoms. The average Bonchev–Trinajstić information content (AvgIpc) is 3.30. The molecule has 0 aliphatic carbocycles. The minimum absolute atomic E-state index is 0.0342. The van der Waals surface area contributed by atoms with Gasteiger partial charge in [0.15, 0.2) is 0 Å². The molecule has 1 atom stereocenters. The van der Waals surface area contributed by atoms with Crippen LogP contribution in [-0.4, -0.2) is 43.7 Å². The standard InChI is InChI=1S/C23H24N2O2S/c26-23(20-8-6-19(7-9-20)18-4-2-1-3-5-18)24-16-22(21-10-15-28-17-21)25-11-13-27-14-12-25/h1-10,15,17,22H,11-14,16H2,(H,24,26)/t22-/m1/s1. The Kier molecular flexibility index (Phi) is 6.17. The van der Waals surface area contributed by atoms with Gasteiger partial charge in [0.05, 0.1) is 19.3 Å². The zero-order valence-electron chi connectivity index (χ0n) is 15.7. The molecule has 0 saturated carbocycles. The lowest BCUT2D eigenvalue weighted by molar-refractivity contribution is 0.0163. The smallest absolute Gasteiger partial charge is 0.251 e. The van der Waals surface area contributed by atoms with E-state index in [9.17, 15) is 4.79 Å². The second kappa shape index (κ2) is 9.15. The van der Waals surface area contributed by atoms with Gasteiger partial charge in [-0.1, -0.05) is 42.5 Å². The van der Waals surface area contributed by atoms with E-state index in [1.807, 2.05) is 42.5 Å². The summed E-state index contributed by atoms with van der Waals surface area (Å²) in [6.07, 6.45) is 0. The summed E-state index contributed by atoms with van der Waals surface area (Å²) in [5.74, 6) is -0.0342. The van der Waals surface area contributed by atoms with Gasteiger partial charge in [0, 0.05) is 25.2 Å². The number of carbonyl (C=O) groups excluding carboxylic acids is 1. The molecule has 0 unspecified atom stereocenters. The van der Waals surface area contributed by atoms with E-state index in [4.69, 9.17) is 4.74 Å². The largest absolute Gasteiger partial charge is 0.379 e. The van der Waals surface area contributed by atoms with Crippen LogP contribution < -0.4 is 5.32 Å². The van der Waals surface area contributed by atoms with Crippen molar-refractivity contribution in [2.24, 2.45) is 0 Å². The highest BCUT2D eigenvalue weighted by atomic mass is 32.1.